The van der Waals surface area contributed by atoms with Crippen LogP contribution in [0.25, 0.3) is 17.3 Å². The summed E-state index contributed by atoms with van der Waals surface area (Å²) in [6, 6.07) is 47.5. The maximum absolute atomic E-state index is 2.50. The number of anilines is 5. The molecule has 1 unspecified atom stereocenters. The van der Waals surface area contributed by atoms with Crippen LogP contribution in [0, 0.1) is 40.5 Å². The Morgan fingerprint density at radius 2 is 1.00 bits per heavy atom. The Morgan fingerprint density at radius 1 is 0.528 bits per heavy atom. The fourth-order valence-corrected chi connectivity index (χ4v) is 8.21. The summed E-state index contributed by atoms with van der Waals surface area (Å²) in [5.41, 5.74) is 19.1. The molecule has 0 saturated heterocycles. The molecule has 0 aliphatic heterocycles. The minimum Gasteiger partial charge on any atom is -0.313 e. The van der Waals surface area contributed by atoms with Gasteiger partial charge in [0.15, 0.2) is 0 Å². The monoisotopic (exact) mass is 688 g/mol. The molecule has 262 valence electrons. The minimum atomic E-state index is 0.270. The van der Waals surface area contributed by atoms with Gasteiger partial charge in [-0.15, -0.1) is 0 Å². The summed E-state index contributed by atoms with van der Waals surface area (Å²) in [5.74, 6) is 0.270. The highest BCUT2D eigenvalue weighted by Crippen LogP contribution is 2.45. The van der Waals surface area contributed by atoms with Crippen LogP contribution < -0.4 is 20.2 Å². The molecule has 0 fully saturated rings. The molecule has 6 aromatic carbocycles. The topological polar surface area (TPSA) is 6.48 Å². The van der Waals surface area contributed by atoms with E-state index < -0.39 is 0 Å². The number of rotatable bonds is 7. The van der Waals surface area contributed by atoms with Gasteiger partial charge in [0.2, 0.25) is 0 Å². The van der Waals surface area contributed by atoms with Crippen LogP contribution in [0.5, 0.6) is 0 Å². The largest absolute Gasteiger partial charge is 0.313 e. The lowest BCUT2D eigenvalue weighted by Crippen LogP contribution is -2.40. The summed E-state index contributed by atoms with van der Waals surface area (Å²) >= 11 is 0. The van der Waals surface area contributed by atoms with Crippen molar-refractivity contribution < 1.29 is 0 Å². The Labute approximate surface area is 315 Å². The first-order valence-corrected chi connectivity index (χ1v) is 19.0. The molecule has 0 radical (unpaired) electrons. The minimum absolute atomic E-state index is 0.270. The van der Waals surface area contributed by atoms with Crippen molar-refractivity contribution in [1.29, 1.82) is 0 Å². The molecule has 0 spiro atoms. The van der Waals surface area contributed by atoms with Gasteiger partial charge in [-0.3, -0.25) is 0 Å². The van der Waals surface area contributed by atoms with Gasteiger partial charge >= 0.3 is 0 Å². The second-order valence-electron chi connectivity index (χ2n) is 15.0. The van der Waals surface area contributed by atoms with E-state index in [1.807, 2.05) is 0 Å². The Kier molecular flexibility index (Phi) is 9.22. The van der Waals surface area contributed by atoms with E-state index in [4.69, 9.17) is 0 Å². The lowest BCUT2D eigenvalue weighted by molar-refractivity contribution is 0.740. The second-order valence-corrected chi connectivity index (χ2v) is 15.0. The molecule has 2 aliphatic rings. The van der Waals surface area contributed by atoms with Gasteiger partial charge in [-0.05, 0) is 130 Å². The summed E-state index contributed by atoms with van der Waals surface area (Å²) in [6.07, 6.45) is 10.9. The normalized spacial score (nSPS) is 14.8. The lowest BCUT2D eigenvalue weighted by atomic mass is 9.81. The number of aryl methyl sites for hydroxylation is 5. The van der Waals surface area contributed by atoms with Crippen molar-refractivity contribution in [2.45, 2.75) is 54.4 Å². The number of fused-ring (bicyclic) bond motifs is 2. The van der Waals surface area contributed by atoms with Crippen molar-refractivity contribution in [1.82, 2.24) is 0 Å². The maximum atomic E-state index is 2.50. The van der Waals surface area contributed by atoms with Gasteiger partial charge in [-0.2, -0.15) is 0 Å². The number of allylic oxidation sites excluding steroid dienone is 3. The number of hydrogen-bond donors (Lipinski definition) is 0. The molecule has 0 bridgehead atoms. The van der Waals surface area contributed by atoms with Crippen molar-refractivity contribution in [2.24, 2.45) is 5.92 Å². The first-order valence-electron chi connectivity index (χ1n) is 19.0. The third-order valence-corrected chi connectivity index (χ3v) is 10.9. The Hall–Kier alpha value is -5.86. The number of benzene rings is 6. The first-order chi connectivity index (χ1) is 25.8. The third kappa shape index (κ3) is 6.55. The van der Waals surface area contributed by atoms with Crippen LogP contribution in [0.4, 0.5) is 28.4 Å². The van der Waals surface area contributed by atoms with E-state index in [2.05, 4.69) is 203 Å². The molecule has 0 N–H and O–H groups in total. The van der Waals surface area contributed by atoms with E-state index in [-0.39, 0.29) is 5.92 Å². The summed E-state index contributed by atoms with van der Waals surface area (Å²) in [5, 5.41) is 2.63. The molecule has 0 amide bonds. The van der Waals surface area contributed by atoms with Gasteiger partial charge in [0.25, 0.3) is 0 Å². The van der Waals surface area contributed by atoms with E-state index in [1.165, 1.54) is 94.7 Å². The molecule has 1 atom stereocenters. The third-order valence-electron chi connectivity index (χ3n) is 10.9. The Morgan fingerprint density at radius 3 is 1.51 bits per heavy atom. The van der Waals surface area contributed by atoms with E-state index in [0.29, 0.717) is 0 Å². The summed E-state index contributed by atoms with van der Waals surface area (Å²) < 4.78 is 0. The predicted octanol–water partition coefficient (Wildman–Crippen LogP) is 12.0. The highest BCUT2D eigenvalue weighted by atomic mass is 15.2. The van der Waals surface area contributed by atoms with Crippen molar-refractivity contribution in [3.8, 4) is 0 Å². The van der Waals surface area contributed by atoms with Crippen LogP contribution in [0.3, 0.4) is 0 Å². The standard InChI is InChI=1S/C51H48N2/c1-34-16-24-40(25-17-34)52(41-26-18-35(2)19-27-41)50-38(5)32-48(44-12-8-7-9-14-46(44)50)49-33-39(6)51(47-15-11-10-13-45(47)49)53(42-28-20-36(3)21-29-42)43-30-22-37(4)23-31-43/h7-11,13-32,39H,12,33H2,1-6H3. The molecule has 2 aliphatic carbocycles. The Bertz CT molecular complexity index is 2390. The van der Waals surface area contributed by atoms with Gasteiger partial charge in [0.05, 0.1) is 5.69 Å². The molecular weight excluding hydrogens is 641 g/mol. The van der Waals surface area contributed by atoms with Crippen LogP contribution in [-0.4, -0.2) is 0 Å². The van der Waals surface area contributed by atoms with Crippen molar-refractivity contribution in [3.63, 3.8) is 0 Å². The SMILES string of the molecule is Cc1ccc(N(C2=c3ccccc3=C(c3cc(C)c(N(c4ccc(C)cc4)c4ccc(C)cc4)c4c3CC=CC=C4)CC2C)c2ccc(C)cc2)cc1. The molecule has 6 aromatic rings. The van der Waals surface area contributed by atoms with Gasteiger partial charge in [0.1, 0.15) is 0 Å². The van der Waals surface area contributed by atoms with E-state index >= 15 is 0 Å². The highest BCUT2D eigenvalue weighted by Gasteiger charge is 2.29. The second kappa shape index (κ2) is 14.3. The molecule has 2 nitrogen and oxygen atoms in total. The molecule has 2 heteroatoms. The zero-order valence-electron chi connectivity index (χ0n) is 31.8. The summed E-state index contributed by atoms with van der Waals surface area (Å²) in [6.45, 7) is 13.3. The van der Waals surface area contributed by atoms with Gasteiger partial charge in [-0.25, -0.2) is 0 Å². The van der Waals surface area contributed by atoms with Gasteiger partial charge < -0.3 is 9.80 Å². The fraction of sp³-hybridized carbons (Fsp3) is 0.176. The van der Waals surface area contributed by atoms with Crippen LogP contribution in [0.1, 0.15) is 57.9 Å². The molecule has 0 saturated carbocycles. The van der Waals surface area contributed by atoms with Crippen molar-refractivity contribution >= 4 is 45.8 Å². The molecule has 8 rings (SSSR count). The number of hydrogen-bond acceptors (Lipinski definition) is 2. The average Bonchev–Trinajstić information content (AvgIpc) is 3.42. The summed E-state index contributed by atoms with van der Waals surface area (Å²) in [4.78, 5) is 4.96. The van der Waals surface area contributed by atoms with Crippen LogP contribution in [-0.2, 0) is 6.42 Å². The zero-order valence-corrected chi connectivity index (χ0v) is 31.8. The van der Waals surface area contributed by atoms with E-state index in [1.54, 1.807) is 0 Å². The van der Waals surface area contributed by atoms with Gasteiger partial charge in [-0.1, -0.05) is 126 Å². The van der Waals surface area contributed by atoms with Crippen LogP contribution >= 0.6 is 0 Å². The zero-order chi connectivity index (χ0) is 36.6. The van der Waals surface area contributed by atoms with E-state index in [9.17, 15) is 0 Å². The quantitative estimate of drug-likeness (QED) is 0.165. The molecule has 0 aromatic heterocycles. The smallest absolute Gasteiger partial charge is 0.0566 e. The van der Waals surface area contributed by atoms with E-state index in [0.717, 1.165) is 12.8 Å². The van der Waals surface area contributed by atoms with Crippen molar-refractivity contribution in [3.05, 3.63) is 201 Å². The fourth-order valence-electron chi connectivity index (χ4n) is 8.21. The number of nitrogens with zero attached hydrogens (tertiary/aromatic N) is 2. The van der Waals surface area contributed by atoms with Crippen LogP contribution in [0.2, 0.25) is 0 Å². The maximum Gasteiger partial charge on any atom is 0.0566 e. The lowest BCUT2D eigenvalue weighted by Gasteiger charge is -2.35. The summed E-state index contributed by atoms with van der Waals surface area (Å²) in [7, 11) is 0. The first kappa shape index (κ1) is 34.2. The molecular formula is C51H48N2. The highest BCUT2D eigenvalue weighted by molar-refractivity contribution is 5.91. The average molecular weight is 689 g/mol. The van der Waals surface area contributed by atoms with Gasteiger partial charge in [0, 0.05) is 45.1 Å². The predicted molar refractivity (Wildman–Crippen MR) is 227 cm³/mol. The van der Waals surface area contributed by atoms with Crippen LogP contribution in [0.15, 0.2) is 146 Å². The molecule has 53 heavy (non-hydrogen) atoms. The van der Waals surface area contributed by atoms with Crippen molar-refractivity contribution in [2.75, 3.05) is 9.80 Å². The Balaban J connectivity index is 1.40. The molecule has 0 heterocycles.